The number of nitriles is 1. The molecule has 0 aliphatic heterocycles. The maximum atomic E-state index is 10.7. The van der Waals surface area contributed by atoms with Crippen molar-refractivity contribution in [2.75, 3.05) is 7.05 Å². The van der Waals surface area contributed by atoms with Crippen LogP contribution in [0.2, 0.25) is 0 Å². The Morgan fingerprint density at radius 2 is 2.19 bits per heavy atom. The third kappa shape index (κ3) is 4.73. The number of carbonyl (C=O) groups is 1. The summed E-state index contributed by atoms with van der Waals surface area (Å²) in [5.41, 5.74) is -0.280. The van der Waals surface area contributed by atoms with Gasteiger partial charge in [-0.25, -0.2) is 4.79 Å². The second-order valence-corrected chi connectivity index (χ2v) is 4.51. The topological polar surface area (TPSA) is 93.8 Å². The van der Waals surface area contributed by atoms with Gasteiger partial charge in [0.2, 0.25) is 0 Å². The average Bonchev–Trinajstić information content (AvgIpc) is 2.22. The van der Waals surface area contributed by atoms with Gasteiger partial charge in [0.05, 0.1) is 6.07 Å². The van der Waals surface area contributed by atoms with Gasteiger partial charge < -0.3 is 5.11 Å². The lowest BCUT2D eigenvalue weighted by Gasteiger charge is -2.29. The zero-order chi connectivity index (χ0) is 12.8. The first-order valence-electron chi connectivity index (χ1n) is 4.99. The number of amides is 1. The Labute approximate surface area is 94.8 Å². The van der Waals surface area contributed by atoms with Crippen molar-refractivity contribution in [3.05, 3.63) is 4.91 Å². The number of carboxylic acid groups (broad SMARTS) is 1. The molecule has 0 saturated heterocycles. The summed E-state index contributed by atoms with van der Waals surface area (Å²) in [7, 11) is 1.31. The van der Waals surface area contributed by atoms with Gasteiger partial charge in [0.1, 0.15) is 0 Å². The third-order valence-electron chi connectivity index (χ3n) is 2.52. The molecule has 0 heterocycles. The van der Waals surface area contributed by atoms with E-state index < -0.39 is 12.3 Å². The Hall–Kier alpha value is -1.64. The Morgan fingerprint density at radius 1 is 1.62 bits per heavy atom. The van der Waals surface area contributed by atoms with E-state index >= 15 is 0 Å². The molecule has 0 aromatic rings. The summed E-state index contributed by atoms with van der Waals surface area (Å²) in [4.78, 5) is 22.1. The van der Waals surface area contributed by atoms with Crippen molar-refractivity contribution >= 4 is 6.09 Å². The first-order valence-corrected chi connectivity index (χ1v) is 4.99. The summed E-state index contributed by atoms with van der Waals surface area (Å²) >= 11 is 0. The number of nitroso groups, excluding NO2 is 1. The SMILES string of the molecule is CN(C(=O)O)C(CC(C)(C)CCC#N)N=O. The Morgan fingerprint density at radius 3 is 2.56 bits per heavy atom. The molecular formula is C10H17N3O3. The highest BCUT2D eigenvalue weighted by Crippen LogP contribution is 2.29. The van der Waals surface area contributed by atoms with E-state index in [1.807, 2.05) is 19.9 Å². The Balaban J connectivity index is 4.47. The van der Waals surface area contributed by atoms with Crippen molar-refractivity contribution in [1.82, 2.24) is 4.90 Å². The highest BCUT2D eigenvalue weighted by atomic mass is 16.4. The minimum atomic E-state index is -1.18. The predicted molar refractivity (Wildman–Crippen MR) is 58.6 cm³/mol. The van der Waals surface area contributed by atoms with Crippen LogP contribution in [0.25, 0.3) is 0 Å². The van der Waals surface area contributed by atoms with Crippen LogP contribution >= 0.6 is 0 Å². The molecule has 90 valence electrons. The van der Waals surface area contributed by atoms with E-state index in [4.69, 9.17) is 10.4 Å². The fourth-order valence-electron chi connectivity index (χ4n) is 1.36. The van der Waals surface area contributed by atoms with E-state index in [2.05, 4.69) is 5.18 Å². The molecule has 0 saturated carbocycles. The van der Waals surface area contributed by atoms with Gasteiger partial charge in [-0.3, -0.25) is 4.90 Å². The number of rotatable bonds is 6. The molecule has 1 N–H and O–H groups in total. The largest absolute Gasteiger partial charge is 0.465 e. The summed E-state index contributed by atoms with van der Waals surface area (Å²) in [5.74, 6) is 0. The maximum Gasteiger partial charge on any atom is 0.408 e. The molecule has 0 bridgehead atoms. The lowest BCUT2D eigenvalue weighted by Crippen LogP contribution is -2.37. The highest BCUT2D eigenvalue weighted by molar-refractivity contribution is 5.64. The number of nitrogens with zero attached hydrogens (tertiary/aromatic N) is 3. The van der Waals surface area contributed by atoms with Crippen LogP contribution in [0.5, 0.6) is 0 Å². The van der Waals surface area contributed by atoms with Gasteiger partial charge in [0.25, 0.3) is 0 Å². The molecule has 0 spiro atoms. The van der Waals surface area contributed by atoms with E-state index in [9.17, 15) is 9.70 Å². The van der Waals surface area contributed by atoms with Gasteiger partial charge in [-0.05, 0) is 23.4 Å². The van der Waals surface area contributed by atoms with Crippen LogP contribution in [0.15, 0.2) is 5.18 Å². The Kier molecular flexibility index (Phi) is 5.43. The molecule has 0 fully saturated rings. The molecule has 1 amide bonds. The standard InChI is InChI=1S/C10H17N3O3/c1-10(2,5-4-6-11)7-8(12-16)13(3)9(14)15/h8H,4-5,7H2,1-3H3,(H,14,15). The van der Waals surface area contributed by atoms with E-state index in [1.54, 1.807) is 0 Å². The zero-order valence-electron chi connectivity index (χ0n) is 9.80. The van der Waals surface area contributed by atoms with Crippen molar-refractivity contribution in [3.8, 4) is 6.07 Å². The molecule has 0 radical (unpaired) electrons. The monoisotopic (exact) mass is 227 g/mol. The molecule has 1 atom stereocenters. The second-order valence-electron chi connectivity index (χ2n) is 4.51. The van der Waals surface area contributed by atoms with Gasteiger partial charge in [-0.2, -0.15) is 5.26 Å². The first kappa shape index (κ1) is 14.4. The molecule has 16 heavy (non-hydrogen) atoms. The fourth-order valence-corrected chi connectivity index (χ4v) is 1.36. The van der Waals surface area contributed by atoms with Crippen LogP contribution in [-0.4, -0.2) is 29.3 Å². The van der Waals surface area contributed by atoms with Crippen LogP contribution in [-0.2, 0) is 0 Å². The van der Waals surface area contributed by atoms with E-state index in [1.165, 1.54) is 7.05 Å². The molecule has 0 aliphatic carbocycles. The third-order valence-corrected chi connectivity index (χ3v) is 2.52. The van der Waals surface area contributed by atoms with E-state index in [0.29, 0.717) is 19.3 Å². The molecular weight excluding hydrogens is 210 g/mol. The quantitative estimate of drug-likeness (QED) is 0.705. The summed E-state index contributed by atoms with van der Waals surface area (Å²) < 4.78 is 0. The van der Waals surface area contributed by atoms with Crippen molar-refractivity contribution in [2.24, 2.45) is 10.6 Å². The molecule has 0 aromatic heterocycles. The number of hydrogen-bond donors (Lipinski definition) is 1. The van der Waals surface area contributed by atoms with Crippen LogP contribution in [0, 0.1) is 21.7 Å². The maximum absolute atomic E-state index is 10.7. The Bertz CT molecular complexity index is 296. The first-order chi connectivity index (χ1) is 7.34. The number of hydrogen-bond acceptors (Lipinski definition) is 4. The summed E-state index contributed by atoms with van der Waals surface area (Å²) in [6, 6.07) is 2.03. The van der Waals surface area contributed by atoms with Crippen molar-refractivity contribution in [3.63, 3.8) is 0 Å². The van der Waals surface area contributed by atoms with Crippen molar-refractivity contribution < 1.29 is 9.90 Å². The van der Waals surface area contributed by atoms with Crippen LogP contribution in [0.3, 0.4) is 0 Å². The molecule has 6 nitrogen and oxygen atoms in total. The summed E-state index contributed by atoms with van der Waals surface area (Å²) in [5, 5.41) is 20.0. The van der Waals surface area contributed by atoms with Crippen molar-refractivity contribution in [2.45, 2.75) is 39.3 Å². The molecule has 0 rings (SSSR count). The second kappa shape index (κ2) is 6.05. The smallest absolute Gasteiger partial charge is 0.408 e. The fraction of sp³-hybridized carbons (Fsp3) is 0.800. The van der Waals surface area contributed by atoms with Crippen LogP contribution in [0.4, 0.5) is 4.79 Å². The van der Waals surface area contributed by atoms with Gasteiger partial charge in [-0.15, -0.1) is 4.91 Å². The average molecular weight is 227 g/mol. The van der Waals surface area contributed by atoms with Crippen molar-refractivity contribution in [1.29, 1.82) is 5.26 Å². The minimum absolute atomic E-state index is 0.280. The predicted octanol–water partition coefficient (Wildman–Crippen LogP) is 2.41. The zero-order valence-corrected chi connectivity index (χ0v) is 9.80. The molecule has 0 aliphatic rings. The van der Waals surface area contributed by atoms with Gasteiger partial charge in [0, 0.05) is 13.5 Å². The summed E-state index contributed by atoms with van der Waals surface area (Å²) in [6.45, 7) is 3.77. The van der Waals surface area contributed by atoms with Gasteiger partial charge >= 0.3 is 6.09 Å². The molecule has 1 unspecified atom stereocenters. The molecule has 0 aromatic carbocycles. The van der Waals surface area contributed by atoms with Crippen LogP contribution in [0.1, 0.15) is 33.1 Å². The molecule has 6 heteroatoms. The summed E-state index contributed by atoms with van der Waals surface area (Å²) in [6.07, 6.45) is -0.758. The van der Waals surface area contributed by atoms with Crippen LogP contribution < -0.4 is 0 Å². The normalized spacial score (nSPS) is 12.6. The highest BCUT2D eigenvalue weighted by Gasteiger charge is 2.28. The lowest BCUT2D eigenvalue weighted by atomic mass is 9.83. The van der Waals surface area contributed by atoms with E-state index in [-0.39, 0.29) is 5.41 Å². The minimum Gasteiger partial charge on any atom is -0.465 e. The van der Waals surface area contributed by atoms with Gasteiger partial charge in [0.15, 0.2) is 6.17 Å². The van der Waals surface area contributed by atoms with Gasteiger partial charge in [-0.1, -0.05) is 13.8 Å². The lowest BCUT2D eigenvalue weighted by molar-refractivity contribution is 0.122. The van der Waals surface area contributed by atoms with E-state index in [0.717, 1.165) is 4.90 Å².